The topological polar surface area (TPSA) is 104 Å². The zero-order valence-electron chi connectivity index (χ0n) is 13.6. The van der Waals surface area contributed by atoms with Gasteiger partial charge in [-0.2, -0.15) is 13.2 Å². The summed E-state index contributed by atoms with van der Waals surface area (Å²) >= 11 is 0. The number of carboxylic acids is 1. The molecule has 26 heavy (non-hydrogen) atoms. The number of Topliss-reactive ketones (excluding diaryl/α,β-unsaturated/α-hetero) is 1. The summed E-state index contributed by atoms with van der Waals surface area (Å²) in [6.45, 7) is 0. The second kappa shape index (κ2) is 7.86. The van der Waals surface area contributed by atoms with E-state index < -0.39 is 41.7 Å². The van der Waals surface area contributed by atoms with Crippen molar-refractivity contribution in [2.75, 3.05) is 0 Å². The predicted molar refractivity (Wildman–Crippen MR) is 82.9 cm³/mol. The van der Waals surface area contributed by atoms with Gasteiger partial charge >= 0.3 is 12.1 Å². The normalized spacial score (nSPS) is 20.3. The van der Waals surface area contributed by atoms with Gasteiger partial charge in [0.2, 0.25) is 0 Å². The number of carbonyl (C=O) groups is 3. The number of hydrogen-bond donors (Lipinski definition) is 3. The number of hydrogen-bond acceptors (Lipinski definition) is 4. The van der Waals surface area contributed by atoms with Crippen LogP contribution in [-0.2, 0) is 20.6 Å². The lowest BCUT2D eigenvalue weighted by Gasteiger charge is -2.28. The van der Waals surface area contributed by atoms with Crippen LogP contribution >= 0.6 is 0 Å². The summed E-state index contributed by atoms with van der Waals surface area (Å²) in [5.74, 6) is -3.06. The summed E-state index contributed by atoms with van der Waals surface area (Å²) < 4.78 is 37.6. The molecule has 0 aliphatic heterocycles. The number of rotatable bonds is 5. The molecule has 0 aromatic heterocycles. The lowest BCUT2D eigenvalue weighted by molar-refractivity contribution is -0.146. The first-order chi connectivity index (χ1) is 12.1. The Kier molecular flexibility index (Phi) is 6.01. The Balaban J connectivity index is 2.08. The van der Waals surface area contributed by atoms with E-state index in [9.17, 15) is 37.8 Å². The minimum absolute atomic E-state index is 0.0214. The maximum absolute atomic E-state index is 12.5. The number of halogens is 3. The van der Waals surface area contributed by atoms with Crippen LogP contribution in [0.5, 0.6) is 0 Å². The summed E-state index contributed by atoms with van der Waals surface area (Å²) in [7, 11) is 0. The molecule has 0 bridgehead atoms. The number of amides is 1. The van der Waals surface area contributed by atoms with Gasteiger partial charge in [-0.25, -0.2) is 4.79 Å². The highest BCUT2D eigenvalue weighted by atomic mass is 19.4. The highest BCUT2D eigenvalue weighted by Gasteiger charge is 2.35. The number of aliphatic hydroxyl groups excluding tert-OH is 1. The fourth-order valence-electron chi connectivity index (χ4n) is 2.96. The van der Waals surface area contributed by atoms with Crippen molar-refractivity contribution in [1.82, 2.24) is 5.32 Å². The van der Waals surface area contributed by atoms with E-state index in [0.717, 1.165) is 24.3 Å². The minimum atomic E-state index is -4.55. The molecule has 9 heteroatoms. The first-order valence-corrected chi connectivity index (χ1v) is 7.99. The van der Waals surface area contributed by atoms with E-state index in [1.165, 1.54) is 0 Å². The quantitative estimate of drug-likeness (QED) is 0.733. The molecule has 1 fully saturated rings. The molecule has 0 heterocycles. The molecule has 0 saturated heterocycles. The van der Waals surface area contributed by atoms with Crippen molar-refractivity contribution < 1.29 is 37.8 Å². The van der Waals surface area contributed by atoms with Gasteiger partial charge in [0, 0.05) is 12.8 Å². The molecule has 1 aliphatic carbocycles. The predicted octanol–water partition coefficient (Wildman–Crippen LogP) is 2.07. The van der Waals surface area contributed by atoms with Crippen LogP contribution in [0.3, 0.4) is 0 Å². The molecule has 1 saturated carbocycles. The molecular weight excluding hydrogens is 355 g/mol. The second-order valence-corrected chi connectivity index (χ2v) is 6.24. The number of benzene rings is 1. The Bertz CT molecular complexity index is 687. The molecular formula is C17H18F3NO5. The molecule has 1 aromatic carbocycles. The smallest absolute Gasteiger partial charge is 0.416 e. The van der Waals surface area contributed by atoms with E-state index in [1.807, 2.05) is 0 Å². The number of carbonyl (C=O) groups excluding carboxylic acids is 2. The number of nitrogens with one attached hydrogen (secondary N) is 1. The Morgan fingerprint density at radius 2 is 1.81 bits per heavy atom. The fraction of sp³-hybridized carbons (Fsp3) is 0.471. The SMILES string of the molecule is O=C1CCC[C@H]([C@H](NC(=O)[C@H](O)c2ccc(C(F)(F)F)cc2)C(=O)O)C1. The van der Waals surface area contributed by atoms with Crippen LogP contribution < -0.4 is 5.32 Å². The lowest BCUT2D eigenvalue weighted by Crippen LogP contribution is -2.48. The lowest BCUT2D eigenvalue weighted by atomic mass is 9.83. The van der Waals surface area contributed by atoms with Crippen LogP contribution in [0.25, 0.3) is 0 Å². The first kappa shape index (κ1) is 19.9. The van der Waals surface area contributed by atoms with Crippen molar-refractivity contribution in [2.24, 2.45) is 5.92 Å². The van der Waals surface area contributed by atoms with Crippen molar-refractivity contribution in [3.63, 3.8) is 0 Å². The standard InChI is InChI=1S/C17H18F3NO5/c18-17(19,20)11-6-4-9(5-7-11)14(23)15(24)21-13(16(25)26)10-2-1-3-12(22)8-10/h4-7,10,13-14,23H,1-3,8H2,(H,21,24)(H,25,26)/t10-,13-,14+/m0/s1. The number of alkyl halides is 3. The van der Waals surface area contributed by atoms with E-state index >= 15 is 0 Å². The van der Waals surface area contributed by atoms with E-state index in [0.29, 0.717) is 19.3 Å². The zero-order chi connectivity index (χ0) is 19.5. The summed E-state index contributed by atoms with van der Waals surface area (Å²) in [4.78, 5) is 35.1. The van der Waals surface area contributed by atoms with Gasteiger partial charge in [0.15, 0.2) is 6.10 Å². The monoisotopic (exact) mass is 373 g/mol. The highest BCUT2D eigenvalue weighted by molar-refractivity contribution is 5.88. The van der Waals surface area contributed by atoms with Crippen molar-refractivity contribution in [3.8, 4) is 0 Å². The Morgan fingerprint density at radius 3 is 2.31 bits per heavy atom. The molecule has 1 aliphatic rings. The van der Waals surface area contributed by atoms with Crippen LogP contribution in [-0.4, -0.2) is 33.9 Å². The maximum atomic E-state index is 12.5. The maximum Gasteiger partial charge on any atom is 0.416 e. The Labute approximate surface area is 147 Å². The molecule has 2 rings (SSSR count). The summed E-state index contributed by atoms with van der Waals surface area (Å²) in [5.41, 5.74) is -1.03. The van der Waals surface area contributed by atoms with Crippen LogP contribution in [0.2, 0.25) is 0 Å². The highest BCUT2D eigenvalue weighted by Crippen LogP contribution is 2.30. The summed E-state index contributed by atoms with van der Waals surface area (Å²) in [6, 6.07) is 2.00. The van der Waals surface area contributed by atoms with Crippen molar-refractivity contribution >= 4 is 17.7 Å². The summed E-state index contributed by atoms with van der Waals surface area (Å²) in [5, 5.41) is 21.5. The van der Waals surface area contributed by atoms with Gasteiger partial charge in [-0.1, -0.05) is 12.1 Å². The van der Waals surface area contributed by atoms with Crippen molar-refractivity contribution in [3.05, 3.63) is 35.4 Å². The Hall–Kier alpha value is -2.42. The van der Waals surface area contributed by atoms with Crippen LogP contribution in [0.15, 0.2) is 24.3 Å². The van der Waals surface area contributed by atoms with Crippen LogP contribution in [0.4, 0.5) is 13.2 Å². The third-order valence-electron chi connectivity index (χ3n) is 4.36. The molecule has 3 atom stereocenters. The molecule has 6 nitrogen and oxygen atoms in total. The van der Waals surface area contributed by atoms with Crippen LogP contribution in [0, 0.1) is 5.92 Å². The molecule has 3 N–H and O–H groups in total. The molecule has 0 radical (unpaired) electrons. The van der Waals surface area contributed by atoms with Gasteiger partial charge in [0.1, 0.15) is 11.8 Å². The van der Waals surface area contributed by atoms with E-state index in [1.54, 1.807) is 0 Å². The molecule has 142 valence electrons. The summed E-state index contributed by atoms with van der Waals surface area (Å²) in [6.07, 6.45) is -5.02. The van der Waals surface area contributed by atoms with Gasteiger partial charge < -0.3 is 15.5 Å². The third kappa shape index (κ3) is 4.81. The number of ketones is 1. The Morgan fingerprint density at radius 1 is 1.19 bits per heavy atom. The van der Waals surface area contributed by atoms with E-state index in [2.05, 4.69) is 5.32 Å². The zero-order valence-corrected chi connectivity index (χ0v) is 13.6. The number of aliphatic carboxylic acids is 1. The number of carboxylic acid groups (broad SMARTS) is 1. The van der Waals surface area contributed by atoms with Gasteiger partial charge in [-0.3, -0.25) is 9.59 Å². The van der Waals surface area contributed by atoms with E-state index in [-0.39, 0.29) is 17.8 Å². The van der Waals surface area contributed by atoms with Gasteiger partial charge in [-0.05, 0) is 36.5 Å². The largest absolute Gasteiger partial charge is 0.480 e. The van der Waals surface area contributed by atoms with E-state index in [4.69, 9.17) is 0 Å². The van der Waals surface area contributed by atoms with Gasteiger partial charge in [0.25, 0.3) is 5.91 Å². The molecule has 1 amide bonds. The van der Waals surface area contributed by atoms with Gasteiger partial charge in [-0.15, -0.1) is 0 Å². The first-order valence-electron chi connectivity index (χ1n) is 7.99. The average Bonchev–Trinajstić information content (AvgIpc) is 2.57. The second-order valence-electron chi connectivity index (χ2n) is 6.24. The third-order valence-corrected chi connectivity index (χ3v) is 4.36. The molecule has 0 spiro atoms. The average molecular weight is 373 g/mol. The molecule has 0 unspecified atom stereocenters. The number of aliphatic hydroxyl groups is 1. The molecule has 1 aromatic rings. The van der Waals surface area contributed by atoms with Gasteiger partial charge in [0.05, 0.1) is 5.56 Å². The van der Waals surface area contributed by atoms with Crippen molar-refractivity contribution in [2.45, 2.75) is 44.0 Å². The minimum Gasteiger partial charge on any atom is -0.480 e. The van der Waals surface area contributed by atoms with Crippen molar-refractivity contribution in [1.29, 1.82) is 0 Å². The van der Waals surface area contributed by atoms with Crippen LogP contribution in [0.1, 0.15) is 42.9 Å². The fourth-order valence-corrected chi connectivity index (χ4v) is 2.96.